The molecule has 0 bridgehead atoms. The number of aryl methyl sites for hydroxylation is 1. The number of ether oxygens (including phenoxy) is 1. The fraction of sp³-hybridized carbons (Fsp3) is 0.706. The molecule has 0 spiro atoms. The summed E-state index contributed by atoms with van der Waals surface area (Å²) >= 11 is 1.60. The second-order valence-corrected chi connectivity index (χ2v) is 8.36. The van der Waals surface area contributed by atoms with E-state index in [-0.39, 0.29) is 24.0 Å². The van der Waals surface area contributed by atoms with Crippen LogP contribution in [0, 0.1) is 6.92 Å². The Morgan fingerprint density at radius 2 is 1.92 bits per heavy atom. The van der Waals surface area contributed by atoms with Crippen LogP contribution in [0.2, 0.25) is 0 Å². The van der Waals surface area contributed by atoms with Crippen molar-refractivity contribution >= 4 is 47.4 Å². The van der Waals surface area contributed by atoms with E-state index < -0.39 is 17.2 Å². The minimum absolute atomic E-state index is 0. The van der Waals surface area contributed by atoms with Gasteiger partial charge in [0.05, 0.1) is 23.3 Å². The van der Waals surface area contributed by atoms with Gasteiger partial charge in [-0.1, -0.05) is 0 Å². The molecule has 1 aromatic heterocycles. The van der Waals surface area contributed by atoms with Crippen molar-refractivity contribution in [3.63, 3.8) is 0 Å². The van der Waals surface area contributed by atoms with Crippen LogP contribution in [0.5, 0.6) is 0 Å². The molecule has 150 valence electrons. The molecule has 7 nitrogen and oxygen atoms in total. The first kappa shape index (κ1) is 24.9. The smallest absolute Gasteiger partial charge is 0.408 e. The van der Waals surface area contributed by atoms with Crippen LogP contribution in [-0.2, 0) is 11.3 Å². The summed E-state index contributed by atoms with van der Waals surface area (Å²) < 4.78 is 5.31. The number of carbonyl (C=O) groups excluding carboxylic acids is 1. The topological polar surface area (TPSA) is 87.6 Å². The molecule has 0 atom stereocenters. The maximum absolute atomic E-state index is 12.0. The Bertz CT molecular complexity index is 596. The number of carbonyl (C=O) groups is 1. The lowest BCUT2D eigenvalue weighted by molar-refractivity contribution is 0.0474. The number of hydrogen-bond donors (Lipinski definition) is 3. The highest BCUT2D eigenvalue weighted by molar-refractivity contribution is 14.0. The number of aromatic nitrogens is 1. The molecule has 0 radical (unpaired) electrons. The first-order valence-electron chi connectivity index (χ1n) is 8.45. The van der Waals surface area contributed by atoms with Crippen LogP contribution in [0.3, 0.4) is 0 Å². The van der Waals surface area contributed by atoms with Crippen LogP contribution in [0.4, 0.5) is 4.79 Å². The summed E-state index contributed by atoms with van der Waals surface area (Å²) in [4.78, 5) is 21.9. The van der Waals surface area contributed by atoms with Crippen molar-refractivity contribution in [3.8, 4) is 0 Å². The third-order valence-electron chi connectivity index (χ3n) is 3.11. The number of aliphatic imine (C=N–C) groups is 1. The number of alkyl carbamates (subject to hydrolysis) is 1. The van der Waals surface area contributed by atoms with Gasteiger partial charge in [0.25, 0.3) is 0 Å². The van der Waals surface area contributed by atoms with Crippen molar-refractivity contribution in [1.29, 1.82) is 0 Å². The van der Waals surface area contributed by atoms with Gasteiger partial charge in [-0.05, 0) is 48.5 Å². The van der Waals surface area contributed by atoms with Gasteiger partial charge in [0.15, 0.2) is 5.96 Å². The van der Waals surface area contributed by atoms with Gasteiger partial charge in [-0.15, -0.1) is 35.3 Å². The van der Waals surface area contributed by atoms with Gasteiger partial charge in [0.1, 0.15) is 5.60 Å². The molecular weight excluding hydrogens is 465 g/mol. The monoisotopic (exact) mass is 497 g/mol. The number of nitrogens with zero attached hydrogens (tertiary/aromatic N) is 2. The zero-order valence-electron chi connectivity index (χ0n) is 16.7. The molecule has 0 fully saturated rings. The van der Waals surface area contributed by atoms with E-state index in [1.807, 2.05) is 54.0 Å². The Hall–Kier alpha value is -1.10. The fourth-order valence-electron chi connectivity index (χ4n) is 1.90. The van der Waals surface area contributed by atoms with E-state index in [4.69, 9.17) is 4.74 Å². The van der Waals surface area contributed by atoms with E-state index in [9.17, 15) is 4.79 Å². The van der Waals surface area contributed by atoms with E-state index in [1.54, 1.807) is 11.3 Å². The van der Waals surface area contributed by atoms with Gasteiger partial charge in [0.2, 0.25) is 0 Å². The highest BCUT2D eigenvalue weighted by atomic mass is 127. The summed E-state index contributed by atoms with van der Waals surface area (Å²) in [5.41, 5.74) is 1.83. The number of hydrogen-bond acceptors (Lipinski definition) is 5. The number of rotatable bonds is 6. The summed E-state index contributed by atoms with van der Waals surface area (Å²) in [5, 5.41) is 9.35. The molecule has 1 amide bonds. The Labute approximate surface area is 177 Å². The third kappa shape index (κ3) is 10.1. The lowest BCUT2D eigenvalue weighted by Gasteiger charge is -2.29. The van der Waals surface area contributed by atoms with E-state index in [0.717, 1.165) is 17.1 Å². The second-order valence-electron chi connectivity index (χ2n) is 7.42. The molecule has 0 aliphatic heterocycles. The van der Waals surface area contributed by atoms with Crippen LogP contribution in [0.15, 0.2) is 10.5 Å². The average Bonchev–Trinajstić information content (AvgIpc) is 2.84. The molecule has 3 N–H and O–H groups in total. The zero-order valence-corrected chi connectivity index (χ0v) is 19.9. The molecule has 0 aliphatic rings. The van der Waals surface area contributed by atoms with Crippen LogP contribution in [-0.4, -0.2) is 41.3 Å². The van der Waals surface area contributed by atoms with Crippen LogP contribution < -0.4 is 16.0 Å². The number of nitrogens with one attached hydrogen (secondary N) is 3. The molecule has 1 rings (SSSR count). The SMILES string of the molecule is CCNC(=NCc1scnc1C)NCC(C)(C)NC(=O)OC(C)(C)C.I. The molecule has 0 unspecified atom stereocenters. The van der Waals surface area contributed by atoms with Crippen molar-refractivity contribution in [2.24, 2.45) is 4.99 Å². The third-order valence-corrected chi connectivity index (χ3v) is 4.03. The predicted molar refractivity (Wildman–Crippen MR) is 119 cm³/mol. The fourth-order valence-corrected chi connectivity index (χ4v) is 2.60. The first-order chi connectivity index (χ1) is 11.5. The van der Waals surface area contributed by atoms with Crippen LogP contribution >= 0.6 is 35.3 Å². The maximum atomic E-state index is 12.0. The lowest BCUT2D eigenvalue weighted by atomic mass is 10.1. The minimum Gasteiger partial charge on any atom is -0.444 e. The highest BCUT2D eigenvalue weighted by Crippen LogP contribution is 2.13. The summed E-state index contributed by atoms with van der Waals surface area (Å²) in [5.74, 6) is 0.703. The van der Waals surface area contributed by atoms with Gasteiger partial charge in [-0.25, -0.2) is 14.8 Å². The maximum Gasteiger partial charge on any atom is 0.408 e. The van der Waals surface area contributed by atoms with Gasteiger partial charge in [0, 0.05) is 18.0 Å². The second kappa shape index (κ2) is 10.9. The van der Waals surface area contributed by atoms with Crippen molar-refractivity contribution in [3.05, 3.63) is 16.1 Å². The van der Waals surface area contributed by atoms with E-state index in [1.165, 1.54) is 0 Å². The first-order valence-corrected chi connectivity index (χ1v) is 9.32. The van der Waals surface area contributed by atoms with Crippen molar-refractivity contribution < 1.29 is 9.53 Å². The van der Waals surface area contributed by atoms with E-state index in [2.05, 4.69) is 25.9 Å². The largest absolute Gasteiger partial charge is 0.444 e. The van der Waals surface area contributed by atoms with Gasteiger partial charge in [-0.3, -0.25) is 0 Å². The number of thiazole rings is 1. The Kier molecular flexibility index (Phi) is 10.4. The molecule has 0 saturated heterocycles. The Balaban J connectivity index is 0.00000625. The van der Waals surface area contributed by atoms with Crippen molar-refractivity contribution in [2.75, 3.05) is 13.1 Å². The minimum atomic E-state index is -0.517. The van der Waals surface area contributed by atoms with E-state index >= 15 is 0 Å². The highest BCUT2D eigenvalue weighted by Gasteiger charge is 2.24. The molecule has 26 heavy (non-hydrogen) atoms. The van der Waals surface area contributed by atoms with Crippen LogP contribution in [0.1, 0.15) is 52.1 Å². The Morgan fingerprint density at radius 1 is 1.27 bits per heavy atom. The van der Waals surface area contributed by atoms with Crippen LogP contribution in [0.25, 0.3) is 0 Å². The molecule has 1 aromatic rings. The molecule has 1 heterocycles. The molecule has 0 aliphatic carbocycles. The number of amides is 1. The molecule has 9 heteroatoms. The lowest BCUT2D eigenvalue weighted by Crippen LogP contribution is -2.54. The van der Waals surface area contributed by atoms with Crippen molar-refractivity contribution in [2.45, 2.75) is 66.2 Å². The standard InChI is InChI=1S/C17H31N5O2S.HI/c1-8-18-14(19-9-13-12(2)21-11-25-13)20-10-17(6,7)22-15(23)24-16(3,4)5;/h11H,8-10H2,1-7H3,(H,22,23)(H2,18,19,20);1H. The van der Waals surface area contributed by atoms with Gasteiger partial charge < -0.3 is 20.7 Å². The zero-order chi connectivity index (χ0) is 19.1. The Morgan fingerprint density at radius 3 is 2.42 bits per heavy atom. The quantitative estimate of drug-likeness (QED) is 0.319. The number of guanidine groups is 1. The average molecular weight is 497 g/mol. The normalized spacial score (nSPS) is 12.2. The van der Waals surface area contributed by atoms with Crippen molar-refractivity contribution in [1.82, 2.24) is 20.9 Å². The number of halogens is 1. The van der Waals surface area contributed by atoms with Gasteiger partial charge >= 0.3 is 6.09 Å². The predicted octanol–water partition coefficient (Wildman–Crippen LogP) is 3.43. The summed E-state index contributed by atoms with van der Waals surface area (Å²) in [7, 11) is 0. The summed E-state index contributed by atoms with van der Waals surface area (Å²) in [6, 6.07) is 0. The summed E-state index contributed by atoms with van der Waals surface area (Å²) in [6.45, 7) is 15.2. The van der Waals surface area contributed by atoms with Gasteiger partial charge in [-0.2, -0.15) is 0 Å². The van der Waals surface area contributed by atoms with E-state index in [0.29, 0.717) is 19.0 Å². The molecule has 0 aromatic carbocycles. The molecular formula is C17H32IN5O2S. The summed E-state index contributed by atoms with van der Waals surface area (Å²) in [6.07, 6.45) is -0.429. The molecule has 0 saturated carbocycles.